The normalized spacial score (nSPS) is 15.7. The maximum absolute atomic E-state index is 15.1. The average molecular weight is 466 g/mol. The first-order chi connectivity index (χ1) is 12.5. The molecule has 0 radical (unpaired) electrons. The SMILES string of the molecule is CC(C)N(C(C)C)[Si](N(C(C)C)C(C)C)(C(F)(F)C(F)(F)F)C(F)(F)C(F)(F)F. The highest BCUT2D eigenvalue weighted by molar-refractivity contribution is 6.80. The van der Waals surface area contributed by atoms with Crippen molar-refractivity contribution in [3.63, 3.8) is 0 Å². The summed E-state index contributed by atoms with van der Waals surface area (Å²) in [4.78, 5) is 0. The van der Waals surface area contributed by atoms with E-state index in [0.29, 0.717) is 0 Å². The Bertz CT molecular complexity index is 477. The molecule has 0 bridgehead atoms. The van der Waals surface area contributed by atoms with Gasteiger partial charge in [-0.15, -0.1) is 0 Å². The van der Waals surface area contributed by atoms with Crippen LogP contribution in [0.15, 0.2) is 0 Å². The van der Waals surface area contributed by atoms with E-state index >= 15 is 17.6 Å². The number of nitrogens with zero attached hydrogens (tertiary/aromatic N) is 2. The molecule has 2 nitrogen and oxygen atoms in total. The van der Waals surface area contributed by atoms with Crippen molar-refractivity contribution in [3.05, 3.63) is 0 Å². The van der Waals surface area contributed by atoms with E-state index in [1.807, 2.05) is 0 Å². The molecule has 0 N–H and O–H groups in total. The molecule has 13 heteroatoms. The Hall–Kier alpha value is -0.563. The van der Waals surface area contributed by atoms with Crippen molar-refractivity contribution in [1.29, 1.82) is 0 Å². The zero-order valence-electron chi connectivity index (χ0n) is 17.5. The lowest BCUT2D eigenvalue weighted by atomic mass is 10.3. The molecular weight excluding hydrogens is 438 g/mol. The van der Waals surface area contributed by atoms with E-state index in [1.54, 1.807) is 0 Å². The van der Waals surface area contributed by atoms with Crippen molar-refractivity contribution in [1.82, 2.24) is 9.13 Å². The maximum Gasteiger partial charge on any atom is 0.452 e. The van der Waals surface area contributed by atoms with Gasteiger partial charge in [-0.3, -0.25) is 9.13 Å². The van der Waals surface area contributed by atoms with E-state index in [9.17, 15) is 26.3 Å². The first-order valence-electron chi connectivity index (χ1n) is 8.99. The van der Waals surface area contributed by atoms with Gasteiger partial charge in [0.15, 0.2) is 0 Å². The Morgan fingerprint density at radius 3 is 0.724 bits per heavy atom. The lowest BCUT2D eigenvalue weighted by molar-refractivity contribution is -0.289. The third-order valence-electron chi connectivity index (χ3n) is 4.56. The third kappa shape index (κ3) is 4.41. The summed E-state index contributed by atoms with van der Waals surface area (Å²) in [7, 11) is -7.28. The van der Waals surface area contributed by atoms with Crippen molar-refractivity contribution in [2.45, 2.75) is 103 Å². The molecule has 0 aliphatic carbocycles. The third-order valence-corrected chi connectivity index (χ3v) is 10.4. The Kier molecular flexibility index (Phi) is 8.36. The second kappa shape index (κ2) is 8.52. The molecule has 0 amide bonds. The number of hydrogen-bond acceptors (Lipinski definition) is 2. The van der Waals surface area contributed by atoms with E-state index in [2.05, 4.69) is 0 Å². The van der Waals surface area contributed by atoms with Gasteiger partial charge in [-0.2, -0.15) is 43.9 Å². The van der Waals surface area contributed by atoms with Crippen LogP contribution in [0, 0.1) is 0 Å². The Labute approximate surface area is 165 Å². The van der Waals surface area contributed by atoms with Crippen LogP contribution in [0.3, 0.4) is 0 Å². The molecule has 0 unspecified atom stereocenters. The first kappa shape index (κ1) is 28.4. The predicted molar refractivity (Wildman–Crippen MR) is 92.0 cm³/mol. The quantitative estimate of drug-likeness (QED) is 0.313. The second-order valence-electron chi connectivity index (χ2n) is 8.01. The van der Waals surface area contributed by atoms with Gasteiger partial charge in [0.25, 0.3) is 0 Å². The number of hydrogen-bond donors (Lipinski definition) is 0. The molecule has 0 fully saturated rings. The molecule has 29 heavy (non-hydrogen) atoms. The van der Waals surface area contributed by atoms with Gasteiger partial charge in [0, 0.05) is 0 Å². The van der Waals surface area contributed by atoms with E-state index in [4.69, 9.17) is 0 Å². The van der Waals surface area contributed by atoms with Crippen LogP contribution in [0.2, 0.25) is 0 Å². The van der Waals surface area contributed by atoms with Crippen molar-refractivity contribution >= 4 is 8.40 Å². The second-order valence-corrected chi connectivity index (χ2v) is 11.6. The molecule has 0 spiro atoms. The summed E-state index contributed by atoms with van der Waals surface area (Å²) in [6.07, 6.45) is -13.3. The van der Waals surface area contributed by atoms with Crippen molar-refractivity contribution < 1.29 is 43.9 Å². The van der Waals surface area contributed by atoms with Crippen molar-refractivity contribution in [2.75, 3.05) is 0 Å². The van der Waals surface area contributed by atoms with Gasteiger partial charge < -0.3 is 0 Å². The van der Waals surface area contributed by atoms with Crippen LogP contribution < -0.4 is 0 Å². The standard InChI is InChI=1S/C16H28F10N2Si/c1-9(2)27(10(3)4)29(15(23,24)13(17,18)19,16(25,26)14(20,21)22)28(11(5)6)12(7)8/h9-12H,1-8H3. The van der Waals surface area contributed by atoms with Crippen LogP contribution in [0.1, 0.15) is 55.4 Å². The monoisotopic (exact) mass is 466 g/mol. The number of alkyl halides is 10. The molecule has 0 rings (SSSR count). The van der Waals surface area contributed by atoms with E-state index in [0.717, 1.165) is 55.4 Å². The largest absolute Gasteiger partial charge is 0.452 e. The molecule has 176 valence electrons. The Morgan fingerprint density at radius 1 is 0.448 bits per heavy atom. The number of halogens is 10. The summed E-state index contributed by atoms with van der Waals surface area (Å²) in [5, 5.41) is 0. The number of rotatable bonds is 8. The van der Waals surface area contributed by atoms with Crippen molar-refractivity contribution in [3.8, 4) is 0 Å². The van der Waals surface area contributed by atoms with Crippen LogP contribution in [0.4, 0.5) is 43.9 Å². The van der Waals surface area contributed by atoms with Gasteiger partial charge in [0.05, 0.1) is 0 Å². The highest BCUT2D eigenvalue weighted by Crippen LogP contribution is 2.57. The summed E-state index contributed by atoms with van der Waals surface area (Å²) in [6, 6.07) is -5.82. The van der Waals surface area contributed by atoms with Crippen LogP contribution in [0.5, 0.6) is 0 Å². The zero-order valence-corrected chi connectivity index (χ0v) is 18.5. The maximum atomic E-state index is 15.1. The van der Waals surface area contributed by atoms with Gasteiger partial charge in [-0.1, -0.05) is 55.4 Å². The highest BCUT2D eigenvalue weighted by Gasteiger charge is 2.91. The molecule has 0 aliphatic heterocycles. The molecule has 0 atom stereocenters. The van der Waals surface area contributed by atoms with Crippen LogP contribution in [-0.4, -0.2) is 65.1 Å². The van der Waals surface area contributed by atoms with Gasteiger partial charge in [0.1, 0.15) is 0 Å². The zero-order chi connectivity index (χ0) is 24.0. The summed E-state index contributed by atoms with van der Waals surface area (Å²) in [5.41, 5.74) is -12.6. The topological polar surface area (TPSA) is 6.48 Å². The molecular formula is C16H28F10N2Si. The Balaban J connectivity index is 7.95. The fraction of sp³-hybridized carbons (Fsp3) is 1.00. The molecule has 0 aromatic heterocycles. The van der Waals surface area contributed by atoms with Gasteiger partial charge in [0.2, 0.25) is 0 Å². The van der Waals surface area contributed by atoms with Crippen LogP contribution in [-0.2, 0) is 0 Å². The van der Waals surface area contributed by atoms with Gasteiger partial charge in [-0.25, -0.2) is 0 Å². The highest BCUT2D eigenvalue weighted by atomic mass is 28.4. The minimum Gasteiger partial charge on any atom is -0.298 e. The van der Waals surface area contributed by atoms with Crippen LogP contribution in [0.25, 0.3) is 0 Å². The molecule has 0 aromatic carbocycles. The van der Waals surface area contributed by atoms with E-state index in [1.165, 1.54) is 0 Å². The Morgan fingerprint density at radius 2 is 0.621 bits per heavy atom. The summed E-state index contributed by atoms with van der Waals surface area (Å²) >= 11 is 0. The first-order valence-corrected chi connectivity index (χ1v) is 10.9. The lowest BCUT2D eigenvalue weighted by Crippen LogP contribution is -2.91. The van der Waals surface area contributed by atoms with Gasteiger partial charge >= 0.3 is 31.8 Å². The van der Waals surface area contributed by atoms with E-state index < -0.39 is 56.0 Å². The van der Waals surface area contributed by atoms with E-state index in [-0.39, 0.29) is 9.13 Å². The lowest BCUT2D eigenvalue weighted by Gasteiger charge is -2.59. The molecule has 0 heterocycles. The summed E-state index contributed by atoms with van der Waals surface area (Å²) in [6.45, 7) is 8.22. The predicted octanol–water partition coefficient (Wildman–Crippen LogP) is 6.14. The minimum atomic E-state index is -7.28. The summed E-state index contributed by atoms with van der Waals surface area (Å²) in [5.74, 6) is 0. The molecule has 0 saturated carbocycles. The fourth-order valence-corrected chi connectivity index (χ4v) is 9.80. The summed E-state index contributed by atoms with van der Waals surface area (Å²) < 4.78 is 142. The molecule has 0 aliphatic rings. The van der Waals surface area contributed by atoms with Crippen molar-refractivity contribution in [2.24, 2.45) is 0 Å². The van der Waals surface area contributed by atoms with Crippen LogP contribution >= 0.6 is 0 Å². The smallest absolute Gasteiger partial charge is 0.298 e. The minimum absolute atomic E-state index is 0.0635. The fourth-order valence-electron chi connectivity index (χ4n) is 4.06. The molecule has 0 saturated heterocycles. The average Bonchev–Trinajstić information content (AvgIpc) is 2.41. The molecule has 0 aromatic rings. The van der Waals surface area contributed by atoms with Gasteiger partial charge in [-0.05, 0) is 24.2 Å².